The molecule has 0 unspecified atom stereocenters. The smallest absolute Gasteiger partial charge is 0.331 e. The van der Waals surface area contributed by atoms with Gasteiger partial charge in [-0.3, -0.25) is 0 Å². The van der Waals surface area contributed by atoms with E-state index in [1.165, 1.54) is 17.8 Å². The molecule has 0 amide bonds. The maximum absolute atomic E-state index is 11.1. The van der Waals surface area contributed by atoms with Crippen LogP contribution < -0.4 is 0 Å². The van der Waals surface area contributed by atoms with Crippen LogP contribution in [0.3, 0.4) is 0 Å². The van der Waals surface area contributed by atoms with Gasteiger partial charge in [0.25, 0.3) is 0 Å². The second-order valence-corrected chi connectivity index (χ2v) is 3.84. The maximum atomic E-state index is 11.1. The van der Waals surface area contributed by atoms with Crippen LogP contribution in [0.15, 0.2) is 41.8 Å². The van der Waals surface area contributed by atoms with Crippen molar-refractivity contribution in [3.8, 4) is 0 Å². The van der Waals surface area contributed by atoms with Crippen LogP contribution in [0.25, 0.3) is 0 Å². The molecule has 4 heteroatoms. The van der Waals surface area contributed by atoms with E-state index in [9.17, 15) is 9.90 Å². The Labute approximate surface area is 99.1 Å². The van der Waals surface area contributed by atoms with Gasteiger partial charge in [0.05, 0.1) is 0 Å². The van der Waals surface area contributed by atoms with Crippen molar-refractivity contribution < 1.29 is 14.6 Å². The molecular formula is C12H14O3S. The molecule has 1 aromatic carbocycles. The molecular weight excluding hydrogens is 224 g/mol. The van der Waals surface area contributed by atoms with Gasteiger partial charge in [-0.05, 0) is 17.2 Å². The first-order valence-corrected chi connectivity index (χ1v) is 6.12. The van der Waals surface area contributed by atoms with E-state index in [4.69, 9.17) is 4.74 Å². The molecule has 0 saturated heterocycles. The Balaban J connectivity index is 2.39. The fourth-order valence-electron chi connectivity index (χ4n) is 1.10. The van der Waals surface area contributed by atoms with Gasteiger partial charge in [0.15, 0.2) is 0 Å². The molecule has 0 spiro atoms. The highest BCUT2D eigenvalue weighted by atomic mass is 32.2. The van der Waals surface area contributed by atoms with Gasteiger partial charge >= 0.3 is 5.97 Å². The first kappa shape index (κ1) is 12.8. The van der Waals surface area contributed by atoms with E-state index >= 15 is 0 Å². The van der Waals surface area contributed by atoms with Crippen LogP contribution in [-0.2, 0) is 9.53 Å². The fourth-order valence-corrected chi connectivity index (χ4v) is 1.35. The third-order valence-electron chi connectivity index (χ3n) is 1.91. The van der Waals surface area contributed by atoms with Gasteiger partial charge in [-0.1, -0.05) is 30.3 Å². The van der Waals surface area contributed by atoms with Gasteiger partial charge in [-0.15, -0.1) is 11.8 Å². The molecule has 1 atom stereocenters. The number of esters is 1. The second-order valence-electron chi connectivity index (χ2n) is 3.09. The summed E-state index contributed by atoms with van der Waals surface area (Å²) >= 11 is 1.42. The number of carbonyl (C=O) groups is 1. The highest BCUT2D eigenvalue weighted by Gasteiger charge is 2.08. The summed E-state index contributed by atoms with van der Waals surface area (Å²) in [5.74, 6) is -0.440. The minimum atomic E-state index is -0.771. The van der Waals surface area contributed by atoms with Gasteiger partial charge in [-0.2, -0.15) is 0 Å². The van der Waals surface area contributed by atoms with Gasteiger partial charge in [0, 0.05) is 6.08 Å². The van der Waals surface area contributed by atoms with Crippen molar-refractivity contribution in [2.24, 2.45) is 0 Å². The van der Waals surface area contributed by atoms with Crippen LogP contribution in [0.2, 0.25) is 0 Å². The number of hydrogen-bond acceptors (Lipinski definition) is 4. The number of carbonyl (C=O) groups excluding carboxylic acids is 1. The predicted molar refractivity (Wildman–Crippen MR) is 65.0 cm³/mol. The van der Waals surface area contributed by atoms with Gasteiger partial charge in [-0.25, -0.2) is 4.79 Å². The molecule has 0 radical (unpaired) electrons. The summed E-state index contributed by atoms with van der Waals surface area (Å²) in [5, 5.41) is 11.3. The average molecular weight is 238 g/mol. The zero-order valence-corrected chi connectivity index (χ0v) is 9.81. The molecule has 0 saturated carbocycles. The van der Waals surface area contributed by atoms with Crippen molar-refractivity contribution in [2.45, 2.75) is 6.10 Å². The van der Waals surface area contributed by atoms with Gasteiger partial charge in [0.2, 0.25) is 0 Å². The standard InChI is InChI=1S/C12H14O3S/c1-16-8-7-12(14)15-9-11(13)10-5-3-2-4-6-10/h2-8,11,13H,9H2,1H3/b8-7+/t11-/m0/s1. The molecule has 0 bridgehead atoms. The molecule has 3 nitrogen and oxygen atoms in total. The zero-order chi connectivity index (χ0) is 11.8. The topological polar surface area (TPSA) is 46.5 Å². The largest absolute Gasteiger partial charge is 0.459 e. The molecule has 1 aromatic rings. The first-order chi connectivity index (χ1) is 7.74. The summed E-state index contributed by atoms with van der Waals surface area (Å²) in [6.45, 7) is -0.0262. The lowest BCUT2D eigenvalue weighted by molar-refractivity contribution is -0.140. The summed E-state index contributed by atoms with van der Waals surface area (Å²) < 4.78 is 4.87. The third kappa shape index (κ3) is 4.51. The molecule has 0 aromatic heterocycles. The van der Waals surface area contributed by atoms with Crippen LogP contribution in [0, 0.1) is 0 Å². The second kappa shape index (κ2) is 7.09. The van der Waals surface area contributed by atoms with Crippen molar-refractivity contribution in [1.82, 2.24) is 0 Å². The lowest BCUT2D eigenvalue weighted by Gasteiger charge is -2.10. The quantitative estimate of drug-likeness (QED) is 0.630. The lowest BCUT2D eigenvalue weighted by atomic mass is 10.1. The van der Waals surface area contributed by atoms with E-state index in [1.54, 1.807) is 17.5 Å². The molecule has 0 fully saturated rings. The average Bonchev–Trinajstić information content (AvgIpc) is 2.34. The van der Waals surface area contributed by atoms with E-state index in [0.29, 0.717) is 0 Å². The Kier molecular flexibility index (Phi) is 5.67. The summed E-state index contributed by atoms with van der Waals surface area (Å²) in [6, 6.07) is 9.10. The minimum Gasteiger partial charge on any atom is -0.459 e. The number of aliphatic hydroxyl groups excluding tert-OH is 1. The highest BCUT2D eigenvalue weighted by Crippen LogP contribution is 2.12. The maximum Gasteiger partial charge on any atom is 0.331 e. The van der Waals surface area contributed by atoms with Crippen LogP contribution in [0.5, 0.6) is 0 Å². The van der Waals surface area contributed by atoms with Crippen molar-refractivity contribution in [1.29, 1.82) is 0 Å². The summed E-state index contributed by atoms with van der Waals surface area (Å²) in [6.07, 6.45) is 2.41. The van der Waals surface area contributed by atoms with E-state index in [2.05, 4.69) is 0 Å². The molecule has 16 heavy (non-hydrogen) atoms. The van der Waals surface area contributed by atoms with E-state index in [-0.39, 0.29) is 6.61 Å². The first-order valence-electron chi connectivity index (χ1n) is 4.83. The Hall–Kier alpha value is -1.26. The van der Waals surface area contributed by atoms with Gasteiger partial charge in [0.1, 0.15) is 12.7 Å². The van der Waals surface area contributed by atoms with Crippen LogP contribution in [0.4, 0.5) is 0 Å². The highest BCUT2D eigenvalue weighted by molar-refractivity contribution is 8.01. The number of hydrogen-bond donors (Lipinski definition) is 1. The number of ether oxygens (including phenoxy) is 1. The van der Waals surface area contributed by atoms with E-state index in [1.807, 2.05) is 24.5 Å². The summed E-state index contributed by atoms with van der Waals surface area (Å²) in [4.78, 5) is 11.1. The number of aliphatic hydroxyl groups is 1. The molecule has 86 valence electrons. The SMILES string of the molecule is CS/C=C/C(=O)OC[C@H](O)c1ccccc1. The summed E-state index contributed by atoms with van der Waals surface area (Å²) in [5.41, 5.74) is 0.740. The number of benzene rings is 1. The minimum absolute atomic E-state index is 0.0262. The van der Waals surface area contributed by atoms with Crippen molar-refractivity contribution in [3.05, 3.63) is 47.4 Å². The number of thioether (sulfide) groups is 1. The molecule has 1 rings (SSSR count). The monoisotopic (exact) mass is 238 g/mol. The normalized spacial score (nSPS) is 12.6. The molecule has 1 N–H and O–H groups in total. The van der Waals surface area contributed by atoms with Gasteiger partial charge < -0.3 is 9.84 Å². The van der Waals surface area contributed by atoms with Crippen molar-refractivity contribution in [2.75, 3.05) is 12.9 Å². The Bertz CT molecular complexity index is 349. The molecule has 0 aliphatic heterocycles. The van der Waals surface area contributed by atoms with Crippen LogP contribution in [0.1, 0.15) is 11.7 Å². The summed E-state index contributed by atoms with van der Waals surface area (Å²) in [7, 11) is 0. The fraction of sp³-hybridized carbons (Fsp3) is 0.250. The third-order valence-corrected chi connectivity index (χ3v) is 2.32. The molecule has 0 aliphatic carbocycles. The predicted octanol–water partition coefficient (Wildman–Crippen LogP) is 2.14. The van der Waals surface area contributed by atoms with Crippen molar-refractivity contribution >= 4 is 17.7 Å². The Morgan fingerprint density at radius 3 is 2.81 bits per heavy atom. The van der Waals surface area contributed by atoms with E-state index in [0.717, 1.165) is 5.56 Å². The van der Waals surface area contributed by atoms with Crippen LogP contribution >= 0.6 is 11.8 Å². The Morgan fingerprint density at radius 1 is 1.50 bits per heavy atom. The number of rotatable bonds is 5. The Morgan fingerprint density at radius 2 is 2.19 bits per heavy atom. The zero-order valence-electron chi connectivity index (χ0n) is 9.00. The molecule has 0 heterocycles. The van der Waals surface area contributed by atoms with Crippen LogP contribution in [-0.4, -0.2) is 23.9 Å². The van der Waals surface area contributed by atoms with E-state index < -0.39 is 12.1 Å². The van der Waals surface area contributed by atoms with Crippen molar-refractivity contribution in [3.63, 3.8) is 0 Å². The molecule has 0 aliphatic rings. The lowest BCUT2D eigenvalue weighted by Crippen LogP contribution is -2.10.